The van der Waals surface area contributed by atoms with Crippen molar-refractivity contribution in [3.63, 3.8) is 0 Å². The van der Waals surface area contributed by atoms with Crippen molar-refractivity contribution in [2.45, 2.75) is 52.9 Å². The quantitative estimate of drug-likeness (QED) is 0.117. The molecule has 246 valence electrons. The molecule has 0 saturated heterocycles. The zero-order valence-electron chi connectivity index (χ0n) is 27.7. The Kier molecular flexibility index (Phi) is 14.2. The summed E-state index contributed by atoms with van der Waals surface area (Å²) in [6.07, 6.45) is 2.43. The Morgan fingerprint density at radius 1 is 0.689 bits per heavy atom. The molecule has 0 radical (unpaired) electrons. The summed E-state index contributed by atoms with van der Waals surface area (Å²) in [5, 5.41) is 0. The molecule has 3 aromatic rings. The van der Waals surface area contributed by atoms with E-state index in [1.807, 2.05) is 76.2 Å². The molecule has 8 nitrogen and oxygen atoms in total. The Balaban J connectivity index is 1.95. The van der Waals surface area contributed by atoms with E-state index in [9.17, 15) is 0 Å². The van der Waals surface area contributed by atoms with E-state index in [0.717, 1.165) is 11.1 Å². The van der Waals surface area contributed by atoms with Gasteiger partial charge in [0.1, 0.15) is 10.2 Å². The van der Waals surface area contributed by atoms with Crippen molar-refractivity contribution in [2.75, 3.05) is 41.7 Å². The standard InChI is InChI=1S/C36H47BrO8/c1-10-27(21-42-20-25-14-12-11-13-15-25)28(16-26-17-30(38-6)34(44-23(2)3)31(18-26)39-7)22-43-29-19-32(40-8)35(45-24(4)5)36(41-9)33(29)37/h10-15,17-19,23-24,27-28H,1,16,20-22H2,2-9H3/t27-,28+/m1/s1. The van der Waals surface area contributed by atoms with Crippen molar-refractivity contribution in [3.05, 3.63) is 76.8 Å². The first-order chi connectivity index (χ1) is 21.6. The zero-order chi connectivity index (χ0) is 32.9. The van der Waals surface area contributed by atoms with E-state index in [1.54, 1.807) is 34.5 Å². The topological polar surface area (TPSA) is 73.8 Å². The maximum absolute atomic E-state index is 6.50. The third kappa shape index (κ3) is 9.96. The van der Waals surface area contributed by atoms with E-state index in [-0.39, 0.29) is 24.0 Å². The number of rotatable bonds is 19. The maximum Gasteiger partial charge on any atom is 0.205 e. The summed E-state index contributed by atoms with van der Waals surface area (Å²) < 4.78 is 48.2. The zero-order valence-corrected chi connectivity index (χ0v) is 29.3. The van der Waals surface area contributed by atoms with Crippen LogP contribution in [0.25, 0.3) is 0 Å². The fraction of sp³-hybridized carbons (Fsp3) is 0.444. The summed E-state index contributed by atoms with van der Waals surface area (Å²) in [5.41, 5.74) is 2.10. The molecule has 0 N–H and O–H groups in total. The molecular formula is C36H47BrO8. The van der Waals surface area contributed by atoms with E-state index in [1.165, 1.54) is 0 Å². The summed E-state index contributed by atoms with van der Waals surface area (Å²) in [4.78, 5) is 0. The first-order valence-corrected chi connectivity index (χ1v) is 15.8. The van der Waals surface area contributed by atoms with E-state index in [4.69, 9.17) is 37.9 Å². The molecule has 3 rings (SSSR count). The van der Waals surface area contributed by atoms with Gasteiger partial charge in [0.2, 0.25) is 11.5 Å². The second kappa shape index (κ2) is 17.8. The average Bonchev–Trinajstić information content (AvgIpc) is 3.02. The van der Waals surface area contributed by atoms with Gasteiger partial charge in [-0.1, -0.05) is 36.4 Å². The Hall–Kier alpha value is -3.56. The highest BCUT2D eigenvalue weighted by atomic mass is 79.9. The molecule has 0 aliphatic carbocycles. The van der Waals surface area contributed by atoms with Crippen LogP contribution in [0.15, 0.2) is 65.7 Å². The fourth-order valence-corrected chi connectivity index (χ4v) is 5.45. The summed E-state index contributed by atoms with van der Waals surface area (Å²) in [7, 11) is 6.43. The average molecular weight is 688 g/mol. The van der Waals surface area contributed by atoms with Crippen LogP contribution < -0.4 is 33.2 Å². The van der Waals surface area contributed by atoms with E-state index in [2.05, 4.69) is 22.5 Å². The Morgan fingerprint density at radius 2 is 1.27 bits per heavy atom. The molecule has 0 aliphatic rings. The first-order valence-electron chi connectivity index (χ1n) is 15.0. The number of hydrogen-bond donors (Lipinski definition) is 0. The first kappa shape index (κ1) is 35.9. The molecule has 0 spiro atoms. The minimum Gasteiger partial charge on any atom is -0.493 e. The van der Waals surface area contributed by atoms with Crippen LogP contribution in [-0.4, -0.2) is 53.9 Å². The van der Waals surface area contributed by atoms with Crippen LogP contribution >= 0.6 is 15.9 Å². The second-order valence-electron chi connectivity index (χ2n) is 11.1. The Labute approximate surface area is 276 Å². The molecule has 0 aliphatic heterocycles. The van der Waals surface area contributed by atoms with Crippen molar-refractivity contribution in [1.82, 2.24) is 0 Å². The minimum atomic E-state index is -0.0774. The molecule has 3 aromatic carbocycles. The van der Waals surface area contributed by atoms with Gasteiger partial charge in [0.15, 0.2) is 23.0 Å². The van der Waals surface area contributed by atoms with Gasteiger partial charge in [-0.3, -0.25) is 0 Å². The lowest BCUT2D eigenvalue weighted by molar-refractivity contribution is 0.0702. The van der Waals surface area contributed by atoms with Gasteiger partial charge in [-0.05, 0) is 73.3 Å². The molecule has 9 heteroatoms. The van der Waals surface area contributed by atoms with Crippen LogP contribution in [0.5, 0.6) is 40.2 Å². The van der Waals surface area contributed by atoms with E-state index < -0.39 is 0 Å². The van der Waals surface area contributed by atoms with Crippen LogP contribution in [0.1, 0.15) is 38.8 Å². The lowest BCUT2D eigenvalue weighted by Crippen LogP contribution is -2.26. The number of hydrogen-bond acceptors (Lipinski definition) is 8. The molecule has 0 bridgehead atoms. The lowest BCUT2D eigenvalue weighted by atomic mass is 9.87. The van der Waals surface area contributed by atoms with E-state index >= 15 is 0 Å². The van der Waals surface area contributed by atoms with Crippen LogP contribution in [-0.2, 0) is 17.8 Å². The summed E-state index contributed by atoms with van der Waals surface area (Å²) in [6.45, 7) is 13.3. The van der Waals surface area contributed by atoms with Crippen molar-refractivity contribution in [1.29, 1.82) is 0 Å². The highest BCUT2D eigenvalue weighted by Crippen LogP contribution is 2.49. The second-order valence-corrected chi connectivity index (χ2v) is 11.9. The van der Waals surface area contributed by atoms with Crippen LogP contribution in [0.3, 0.4) is 0 Å². The molecule has 0 fully saturated rings. The van der Waals surface area contributed by atoms with Gasteiger partial charge in [0.25, 0.3) is 0 Å². The number of methoxy groups -OCH3 is 4. The fourth-order valence-electron chi connectivity index (χ4n) is 4.88. The molecule has 0 unspecified atom stereocenters. The van der Waals surface area contributed by atoms with E-state index in [0.29, 0.717) is 71.0 Å². The Morgan fingerprint density at radius 3 is 1.80 bits per heavy atom. The lowest BCUT2D eigenvalue weighted by Gasteiger charge is -2.27. The molecule has 0 aromatic heterocycles. The summed E-state index contributed by atoms with van der Waals surface area (Å²) in [6, 6.07) is 15.9. The number of ether oxygens (including phenoxy) is 8. The molecule has 0 saturated carbocycles. The normalized spacial score (nSPS) is 12.4. The van der Waals surface area contributed by atoms with Crippen molar-refractivity contribution in [3.8, 4) is 40.2 Å². The third-order valence-electron chi connectivity index (χ3n) is 7.04. The van der Waals surface area contributed by atoms with Gasteiger partial charge in [0, 0.05) is 17.9 Å². The molecule has 0 heterocycles. The van der Waals surface area contributed by atoms with Crippen molar-refractivity contribution < 1.29 is 37.9 Å². The largest absolute Gasteiger partial charge is 0.493 e. The number of benzene rings is 3. The van der Waals surface area contributed by atoms with Gasteiger partial charge in [-0.25, -0.2) is 0 Å². The predicted octanol–water partition coefficient (Wildman–Crippen LogP) is 8.31. The van der Waals surface area contributed by atoms with Gasteiger partial charge in [0.05, 0.1) is 60.5 Å². The Bertz CT molecular complexity index is 1330. The summed E-state index contributed by atoms with van der Waals surface area (Å²) >= 11 is 3.67. The summed E-state index contributed by atoms with van der Waals surface area (Å²) in [5.74, 6) is 3.78. The predicted molar refractivity (Wildman–Crippen MR) is 181 cm³/mol. The monoisotopic (exact) mass is 686 g/mol. The van der Waals surface area contributed by atoms with Crippen LogP contribution in [0.2, 0.25) is 0 Å². The maximum atomic E-state index is 6.50. The van der Waals surface area contributed by atoms with Gasteiger partial charge in [-0.15, -0.1) is 6.58 Å². The van der Waals surface area contributed by atoms with Gasteiger partial charge < -0.3 is 37.9 Å². The molecule has 45 heavy (non-hydrogen) atoms. The van der Waals surface area contributed by atoms with Gasteiger partial charge in [-0.2, -0.15) is 0 Å². The van der Waals surface area contributed by atoms with Crippen molar-refractivity contribution >= 4 is 15.9 Å². The van der Waals surface area contributed by atoms with Crippen LogP contribution in [0.4, 0.5) is 0 Å². The smallest absolute Gasteiger partial charge is 0.205 e. The third-order valence-corrected chi connectivity index (χ3v) is 7.79. The SMILES string of the molecule is C=C[C@H](COCc1ccccc1)[C@H](COc1cc(OC)c(OC(C)C)c(OC)c1Br)Cc1cc(OC)c(OC(C)C)c(OC)c1. The van der Waals surface area contributed by atoms with Crippen molar-refractivity contribution in [2.24, 2.45) is 11.8 Å². The van der Waals surface area contributed by atoms with Crippen LogP contribution in [0, 0.1) is 11.8 Å². The minimum absolute atomic E-state index is 0.0385. The molecule has 0 amide bonds. The molecular weight excluding hydrogens is 640 g/mol. The van der Waals surface area contributed by atoms with Gasteiger partial charge >= 0.3 is 0 Å². The number of halogens is 1. The highest BCUT2D eigenvalue weighted by Gasteiger charge is 2.26. The highest BCUT2D eigenvalue weighted by molar-refractivity contribution is 9.10. The molecule has 2 atom stereocenters.